The van der Waals surface area contributed by atoms with Gasteiger partial charge in [0.15, 0.2) is 10.6 Å². The molecular weight excluding hydrogens is 461 g/mol. The molecule has 0 atom stereocenters. The Morgan fingerprint density at radius 2 is 1.88 bits per heavy atom. The maximum atomic E-state index is 13.1. The Morgan fingerprint density at radius 3 is 2.64 bits per heavy atom. The fourth-order valence-corrected chi connectivity index (χ4v) is 4.35. The topological polar surface area (TPSA) is 91.8 Å². The third-order valence-corrected chi connectivity index (χ3v) is 6.32. The molecule has 0 aliphatic heterocycles. The standard InChI is InChI=1S/C23H20FN5O2S2/c1-14-3-2-4-16(13-14)21-26-28-23(32)29(21)12-11-20(30)25-27-22(31)19-10-9-18(33-19)15-5-7-17(24)8-6-15/h2-10,13H,11-12H2,1H3,(H,25,30)(H,27,31)(H,28,32). The van der Waals surface area contributed by atoms with E-state index < -0.39 is 5.91 Å². The van der Waals surface area contributed by atoms with Crippen LogP contribution in [0.3, 0.4) is 0 Å². The molecule has 2 heterocycles. The highest BCUT2D eigenvalue weighted by Gasteiger charge is 2.13. The van der Waals surface area contributed by atoms with E-state index in [1.165, 1.54) is 23.5 Å². The van der Waals surface area contributed by atoms with Crippen LogP contribution in [0, 0.1) is 17.5 Å². The second-order valence-corrected chi connectivity index (χ2v) is 8.77. The maximum Gasteiger partial charge on any atom is 0.279 e. The summed E-state index contributed by atoms with van der Waals surface area (Å²) < 4.78 is 15.3. The lowest BCUT2D eigenvalue weighted by Gasteiger charge is -2.09. The molecule has 0 bridgehead atoms. The van der Waals surface area contributed by atoms with Crippen molar-refractivity contribution < 1.29 is 14.0 Å². The van der Waals surface area contributed by atoms with Crippen molar-refractivity contribution in [3.63, 3.8) is 0 Å². The summed E-state index contributed by atoms with van der Waals surface area (Å²) in [6, 6.07) is 17.3. The van der Waals surface area contributed by atoms with Gasteiger partial charge in [-0.3, -0.25) is 30.1 Å². The highest BCUT2D eigenvalue weighted by molar-refractivity contribution is 7.71. The molecule has 7 nitrogen and oxygen atoms in total. The van der Waals surface area contributed by atoms with Crippen LogP contribution in [0.15, 0.2) is 60.7 Å². The number of amides is 2. The van der Waals surface area contributed by atoms with Crippen LogP contribution in [0.2, 0.25) is 0 Å². The number of thiophene rings is 1. The number of nitrogens with one attached hydrogen (secondary N) is 3. The lowest BCUT2D eigenvalue weighted by atomic mass is 10.1. The highest BCUT2D eigenvalue weighted by atomic mass is 32.1. The molecule has 2 aromatic carbocycles. The second kappa shape index (κ2) is 9.88. The van der Waals surface area contributed by atoms with E-state index in [2.05, 4.69) is 21.0 Å². The van der Waals surface area contributed by atoms with E-state index in [0.29, 0.717) is 22.0 Å². The first-order valence-electron chi connectivity index (χ1n) is 10.1. The number of nitrogens with zero attached hydrogens (tertiary/aromatic N) is 2. The van der Waals surface area contributed by atoms with Gasteiger partial charge in [-0.05, 0) is 55.0 Å². The summed E-state index contributed by atoms with van der Waals surface area (Å²) in [6.45, 7) is 2.29. The van der Waals surface area contributed by atoms with Gasteiger partial charge in [-0.25, -0.2) is 4.39 Å². The minimum absolute atomic E-state index is 0.0954. The molecule has 168 valence electrons. The molecule has 2 aromatic heterocycles. The first-order chi connectivity index (χ1) is 15.9. The van der Waals surface area contributed by atoms with Crippen molar-refractivity contribution >= 4 is 35.4 Å². The zero-order valence-electron chi connectivity index (χ0n) is 17.6. The number of benzene rings is 2. The highest BCUT2D eigenvalue weighted by Crippen LogP contribution is 2.28. The lowest BCUT2D eigenvalue weighted by Crippen LogP contribution is -2.41. The molecule has 0 radical (unpaired) electrons. The van der Waals surface area contributed by atoms with Gasteiger partial charge >= 0.3 is 0 Å². The summed E-state index contributed by atoms with van der Waals surface area (Å²) in [7, 11) is 0. The zero-order valence-corrected chi connectivity index (χ0v) is 19.2. The Kier molecular flexibility index (Phi) is 6.76. The third kappa shape index (κ3) is 5.41. The molecule has 3 N–H and O–H groups in total. The van der Waals surface area contributed by atoms with Crippen LogP contribution < -0.4 is 10.9 Å². The number of carbonyl (C=O) groups excluding carboxylic acids is 2. The van der Waals surface area contributed by atoms with Crippen molar-refractivity contribution in [2.75, 3.05) is 0 Å². The monoisotopic (exact) mass is 481 g/mol. The SMILES string of the molecule is Cc1cccc(-c2n[nH]c(=S)n2CCC(=O)NNC(=O)c2ccc(-c3ccc(F)cc3)s2)c1. The predicted molar refractivity (Wildman–Crippen MR) is 128 cm³/mol. The molecule has 0 fully saturated rings. The van der Waals surface area contributed by atoms with Gasteiger partial charge in [-0.1, -0.05) is 35.9 Å². The van der Waals surface area contributed by atoms with E-state index in [4.69, 9.17) is 12.2 Å². The van der Waals surface area contributed by atoms with Crippen LogP contribution in [0.5, 0.6) is 0 Å². The summed E-state index contributed by atoms with van der Waals surface area (Å²) in [5.41, 5.74) is 7.65. The summed E-state index contributed by atoms with van der Waals surface area (Å²) in [5, 5.41) is 7.04. The van der Waals surface area contributed by atoms with Gasteiger partial charge in [-0.15, -0.1) is 11.3 Å². The Hall–Kier alpha value is -3.63. The van der Waals surface area contributed by atoms with Gasteiger partial charge < -0.3 is 0 Å². The number of hydrogen-bond donors (Lipinski definition) is 3. The molecule has 0 saturated carbocycles. The molecule has 0 unspecified atom stereocenters. The van der Waals surface area contributed by atoms with E-state index in [-0.39, 0.29) is 18.1 Å². The van der Waals surface area contributed by atoms with Gasteiger partial charge in [0, 0.05) is 23.4 Å². The fraction of sp³-hybridized carbons (Fsp3) is 0.130. The van der Waals surface area contributed by atoms with E-state index in [1.54, 1.807) is 28.8 Å². The summed E-state index contributed by atoms with van der Waals surface area (Å²) >= 11 is 6.55. The Morgan fingerprint density at radius 1 is 1.09 bits per heavy atom. The van der Waals surface area contributed by atoms with Crippen LogP contribution in [0.4, 0.5) is 4.39 Å². The van der Waals surface area contributed by atoms with Gasteiger partial charge in [-0.2, -0.15) is 5.10 Å². The zero-order chi connectivity index (χ0) is 23.4. The van der Waals surface area contributed by atoms with Crippen molar-refractivity contribution in [3.05, 3.63) is 81.7 Å². The number of hydrogen-bond acceptors (Lipinski definition) is 5. The van der Waals surface area contributed by atoms with Crippen molar-refractivity contribution in [1.82, 2.24) is 25.6 Å². The van der Waals surface area contributed by atoms with E-state index >= 15 is 0 Å². The van der Waals surface area contributed by atoms with Crippen molar-refractivity contribution in [2.24, 2.45) is 0 Å². The first kappa shape index (κ1) is 22.6. The molecule has 2 amide bonds. The Bertz CT molecular complexity index is 1360. The Labute approximate surface area is 198 Å². The van der Waals surface area contributed by atoms with Gasteiger partial charge in [0.2, 0.25) is 5.91 Å². The van der Waals surface area contributed by atoms with Crippen LogP contribution >= 0.6 is 23.6 Å². The molecule has 4 rings (SSSR count). The number of hydrazine groups is 1. The van der Waals surface area contributed by atoms with Crippen LogP contribution in [-0.2, 0) is 11.3 Å². The number of aromatic nitrogens is 3. The van der Waals surface area contributed by atoms with Crippen LogP contribution in [-0.4, -0.2) is 26.6 Å². The summed E-state index contributed by atoms with van der Waals surface area (Å²) in [4.78, 5) is 26.0. The smallest absolute Gasteiger partial charge is 0.279 e. The predicted octanol–water partition coefficient (Wildman–Crippen LogP) is 4.64. The molecule has 0 aliphatic carbocycles. The number of halogens is 1. The fourth-order valence-electron chi connectivity index (χ4n) is 3.22. The average Bonchev–Trinajstić information content (AvgIpc) is 3.44. The van der Waals surface area contributed by atoms with E-state index in [0.717, 1.165) is 21.6 Å². The van der Waals surface area contributed by atoms with Gasteiger partial charge in [0.05, 0.1) is 4.88 Å². The molecule has 10 heteroatoms. The quantitative estimate of drug-likeness (QED) is 0.277. The molecule has 0 aliphatic rings. The largest absolute Gasteiger partial charge is 0.300 e. The van der Waals surface area contributed by atoms with E-state index in [1.807, 2.05) is 31.2 Å². The minimum atomic E-state index is -0.429. The second-order valence-electron chi connectivity index (χ2n) is 7.30. The van der Waals surface area contributed by atoms with Crippen molar-refractivity contribution in [3.8, 4) is 21.8 Å². The van der Waals surface area contributed by atoms with Crippen LogP contribution in [0.25, 0.3) is 21.8 Å². The van der Waals surface area contributed by atoms with E-state index in [9.17, 15) is 14.0 Å². The van der Waals surface area contributed by atoms with Crippen molar-refractivity contribution in [1.29, 1.82) is 0 Å². The average molecular weight is 482 g/mol. The number of aromatic amines is 1. The summed E-state index contributed by atoms with van der Waals surface area (Å²) in [5.74, 6) is -0.467. The summed E-state index contributed by atoms with van der Waals surface area (Å²) in [6.07, 6.45) is 0.0954. The number of carbonyl (C=O) groups is 2. The molecule has 0 saturated heterocycles. The Balaban J connectivity index is 1.33. The molecule has 4 aromatic rings. The normalized spacial score (nSPS) is 10.7. The number of aryl methyl sites for hydroxylation is 1. The van der Waals surface area contributed by atoms with Crippen LogP contribution in [0.1, 0.15) is 21.7 Å². The number of rotatable bonds is 6. The van der Waals surface area contributed by atoms with Crippen molar-refractivity contribution in [2.45, 2.75) is 19.9 Å². The van der Waals surface area contributed by atoms with Gasteiger partial charge in [0.25, 0.3) is 5.91 Å². The van der Waals surface area contributed by atoms with Gasteiger partial charge in [0.1, 0.15) is 5.82 Å². The number of H-pyrrole nitrogens is 1. The minimum Gasteiger partial charge on any atom is -0.300 e. The third-order valence-electron chi connectivity index (χ3n) is 4.87. The maximum absolute atomic E-state index is 13.1. The molecule has 33 heavy (non-hydrogen) atoms. The first-order valence-corrected chi connectivity index (χ1v) is 11.3. The molecule has 0 spiro atoms. The lowest BCUT2D eigenvalue weighted by molar-refractivity contribution is -0.122. The molecular formula is C23H20FN5O2S2.